The minimum absolute atomic E-state index is 0. The summed E-state index contributed by atoms with van der Waals surface area (Å²) < 4.78 is 1.03. The van der Waals surface area contributed by atoms with Crippen LogP contribution in [0.5, 0.6) is 0 Å². The van der Waals surface area contributed by atoms with Crippen LogP contribution < -0.4 is 10.6 Å². The molecule has 1 aromatic carbocycles. The van der Waals surface area contributed by atoms with Crippen LogP contribution in [0.2, 0.25) is 5.02 Å². The van der Waals surface area contributed by atoms with Crippen molar-refractivity contribution in [2.24, 2.45) is 0 Å². The summed E-state index contributed by atoms with van der Waals surface area (Å²) >= 11 is 8.06. The van der Waals surface area contributed by atoms with Crippen molar-refractivity contribution >= 4 is 82.1 Å². The molecule has 2 aromatic heterocycles. The van der Waals surface area contributed by atoms with E-state index >= 15 is 0 Å². The number of carbonyl (C=O) groups excluding carboxylic acids is 1. The fourth-order valence-corrected chi connectivity index (χ4v) is 5.71. The number of nitrogens with zero attached hydrogens (tertiary/aromatic N) is 4. The fourth-order valence-electron chi connectivity index (χ4n) is 4.37. The van der Waals surface area contributed by atoms with Crippen molar-refractivity contribution in [2.45, 2.75) is 25.3 Å². The minimum atomic E-state index is -0.0200. The standard InChI is InChI=1S/C25H31ClN6O2S.3ClH/c26-20-16-28-25(27-7-2-8-31-9-11-32(12-10-31)13-14-33)30-23(20)22-15-19-18(3-1-4-21(19)35-22)24(34)29-17-5-6-17;;;/h1,3-4,15-17,33H,2,5-14H2,(H,29,34)(H,27,28,30);3*1H. The molecule has 0 unspecified atom stereocenters. The van der Waals surface area contributed by atoms with E-state index in [4.69, 9.17) is 21.7 Å². The maximum Gasteiger partial charge on any atom is 0.252 e. The lowest BCUT2D eigenvalue weighted by atomic mass is 10.1. The van der Waals surface area contributed by atoms with Crippen molar-refractivity contribution < 1.29 is 9.90 Å². The van der Waals surface area contributed by atoms with E-state index < -0.39 is 0 Å². The molecule has 3 N–H and O–H groups in total. The highest BCUT2D eigenvalue weighted by Gasteiger charge is 2.25. The highest BCUT2D eigenvalue weighted by atomic mass is 35.5. The van der Waals surface area contributed by atoms with Crippen molar-refractivity contribution in [3.8, 4) is 10.6 Å². The van der Waals surface area contributed by atoms with Crippen LogP contribution in [-0.2, 0) is 0 Å². The number of fused-ring (bicyclic) bond motifs is 1. The summed E-state index contributed by atoms with van der Waals surface area (Å²) in [5, 5.41) is 16.9. The zero-order chi connectivity index (χ0) is 24.2. The second kappa shape index (κ2) is 15.4. The number of thiophene rings is 1. The molecule has 8 nitrogen and oxygen atoms in total. The number of amides is 1. The molecule has 0 radical (unpaired) electrons. The highest BCUT2D eigenvalue weighted by Crippen LogP contribution is 2.37. The normalized spacial score (nSPS) is 15.7. The molecule has 3 aromatic rings. The molecule has 1 saturated heterocycles. The van der Waals surface area contributed by atoms with E-state index in [2.05, 4.69) is 25.4 Å². The van der Waals surface area contributed by atoms with Gasteiger partial charge in [-0.25, -0.2) is 9.97 Å². The van der Waals surface area contributed by atoms with E-state index in [1.807, 2.05) is 24.3 Å². The first kappa shape index (κ1) is 32.8. The number of aromatic nitrogens is 2. The number of hydrogen-bond acceptors (Lipinski definition) is 8. The average Bonchev–Trinajstić information content (AvgIpc) is 3.57. The van der Waals surface area contributed by atoms with E-state index in [1.54, 1.807) is 17.5 Å². The Morgan fingerprint density at radius 1 is 1.11 bits per heavy atom. The second-order valence-electron chi connectivity index (χ2n) is 9.15. The Morgan fingerprint density at radius 3 is 2.50 bits per heavy atom. The minimum Gasteiger partial charge on any atom is -0.395 e. The lowest BCUT2D eigenvalue weighted by molar-refractivity contribution is 0.0952. The Balaban J connectivity index is 0.00000169. The highest BCUT2D eigenvalue weighted by molar-refractivity contribution is 7.22. The molecule has 210 valence electrons. The number of carbonyl (C=O) groups is 1. The summed E-state index contributed by atoms with van der Waals surface area (Å²) in [6.45, 7) is 6.88. The number of benzene rings is 1. The monoisotopic (exact) mass is 622 g/mol. The molecule has 13 heteroatoms. The first-order valence-electron chi connectivity index (χ1n) is 12.3. The molecule has 0 atom stereocenters. The van der Waals surface area contributed by atoms with E-state index in [9.17, 15) is 4.79 Å². The molecule has 38 heavy (non-hydrogen) atoms. The molecule has 1 saturated carbocycles. The van der Waals surface area contributed by atoms with Crippen molar-refractivity contribution in [2.75, 3.05) is 57.7 Å². The number of nitrogens with one attached hydrogen (secondary N) is 2. The van der Waals surface area contributed by atoms with Crippen LogP contribution in [0.4, 0.5) is 5.95 Å². The van der Waals surface area contributed by atoms with Crippen LogP contribution in [0, 0.1) is 0 Å². The van der Waals surface area contributed by atoms with Gasteiger partial charge in [-0.15, -0.1) is 48.6 Å². The Bertz CT molecular complexity index is 1190. The number of halogens is 4. The van der Waals surface area contributed by atoms with Crippen LogP contribution in [-0.4, -0.2) is 89.2 Å². The number of hydrogen-bond donors (Lipinski definition) is 3. The Kier molecular flexibility index (Phi) is 13.3. The Morgan fingerprint density at radius 2 is 1.82 bits per heavy atom. The van der Waals surface area contributed by atoms with Gasteiger partial charge in [-0.3, -0.25) is 9.69 Å². The van der Waals surface area contributed by atoms with Crippen LogP contribution in [0.3, 0.4) is 0 Å². The average molecular weight is 624 g/mol. The molecule has 0 bridgehead atoms. The molecule has 5 rings (SSSR count). The molecule has 1 aliphatic heterocycles. The quantitative estimate of drug-likeness (QED) is 0.285. The first-order valence-corrected chi connectivity index (χ1v) is 13.5. The van der Waals surface area contributed by atoms with Crippen molar-refractivity contribution in [3.63, 3.8) is 0 Å². The van der Waals surface area contributed by atoms with Gasteiger partial charge in [-0.2, -0.15) is 0 Å². The number of piperazine rings is 1. The van der Waals surface area contributed by atoms with Gasteiger partial charge >= 0.3 is 0 Å². The molecular weight excluding hydrogens is 590 g/mol. The van der Waals surface area contributed by atoms with Gasteiger partial charge in [0.2, 0.25) is 5.95 Å². The summed E-state index contributed by atoms with van der Waals surface area (Å²) in [5.74, 6) is 0.537. The van der Waals surface area contributed by atoms with E-state index in [1.165, 1.54) is 0 Å². The molecule has 1 aliphatic carbocycles. The van der Waals surface area contributed by atoms with Crippen molar-refractivity contribution in [1.82, 2.24) is 25.1 Å². The molecule has 3 heterocycles. The van der Waals surface area contributed by atoms with E-state index in [0.717, 1.165) is 80.0 Å². The maximum atomic E-state index is 12.7. The lowest BCUT2D eigenvalue weighted by Gasteiger charge is -2.34. The van der Waals surface area contributed by atoms with Gasteiger partial charge in [0.05, 0.1) is 22.7 Å². The third kappa shape index (κ3) is 8.29. The third-order valence-corrected chi connectivity index (χ3v) is 7.90. The zero-order valence-corrected chi connectivity index (χ0v) is 24.9. The predicted molar refractivity (Wildman–Crippen MR) is 163 cm³/mol. The van der Waals surface area contributed by atoms with Gasteiger partial charge in [-0.05, 0) is 44.0 Å². The molecule has 2 fully saturated rings. The third-order valence-electron chi connectivity index (χ3n) is 6.51. The number of anilines is 1. The van der Waals surface area contributed by atoms with Crippen molar-refractivity contribution in [3.05, 3.63) is 41.0 Å². The largest absolute Gasteiger partial charge is 0.395 e. The number of rotatable bonds is 10. The fraction of sp³-hybridized carbons (Fsp3) is 0.480. The van der Waals surface area contributed by atoms with Gasteiger partial charge in [0.1, 0.15) is 5.69 Å². The van der Waals surface area contributed by atoms with E-state index in [-0.39, 0.29) is 49.7 Å². The van der Waals surface area contributed by atoms with E-state index in [0.29, 0.717) is 28.3 Å². The summed E-state index contributed by atoms with van der Waals surface area (Å²) in [6.07, 6.45) is 4.75. The zero-order valence-electron chi connectivity index (χ0n) is 20.9. The summed E-state index contributed by atoms with van der Waals surface area (Å²) in [5.41, 5.74) is 1.37. The van der Waals surface area contributed by atoms with Gasteiger partial charge in [0, 0.05) is 61.0 Å². The number of β-amino-alcohol motifs (C(OH)–C–C–N with tert-alkyl or cyclic N) is 1. The molecule has 0 spiro atoms. The Labute approximate surface area is 250 Å². The Hall–Kier alpha value is -1.43. The SMILES string of the molecule is Cl.Cl.Cl.O=C(NC1CC1)c1cccc2sc(-c3nc(NCCCN4CCN(CCO)CC4)ncc3Cl)cc12. The predicted octanol–water partition coefficient (Wildman–Crippen LogP) is 4.58. The van der Waals surface area contributed by atoms with Crippen LogP contribution in [0.15, 0.2) is 30.5 Å². The summed E-state index contributed by atoms with van der Waals surface area (Å²) in [7, 11) is 0. The summed E-state index contributed by atoms with van der Waals surface area (Å²) in [4.78, 5) is 27.4. The van der Waals surface area contributed by atoms with Gasteiger partial charge in [0.25, 0.3) is 5.91 Å². The van der Waals surface area contributed by atoms with Crippen LogP contribution in [0.1, 0.15) is 29.6 Å². The second-order valence-corrected chi connectivity index (χ2v) is 10.6. The topological polar surface area (TPSA) is 93.6 Å². The van der Waals surface area contributed by atoms with Gasteiger partial charge in [-0.1, -0.05) is 17.7 Å². The maximum absolute atomic E-state index is 12.7. The van der Waals surface area contributed by atoms with Crippen molar-refractivity contribution in [1.29, 1.82) is 0 Å². The van der Waals surface area contributed by atoms with Crippen LogP contribution >= 0.6 is 60.2 Å². The number of aliphatic hydroxyl groups excluding tert-OH is 1. The van der Waals surface area contributed by atoms with Gasteiger partial charge < -0.3 is 20.6 Å². The van der Waals surface area contributed by atoms with Gasteiger partial charge in [0.15, 0.2) is 0 Å². The number of aliphatic hydroxyl groups is 1. The molecule has 1 amide bonds. The molecule has 2 aliphatic rings. The van der Waals surface area contributed by atoms with Crippen LogP contribution in [0.25, 0.3) is 20.7 Å². The smallest absolute Gasteiger partial charge is 0.252 e. The summed E-state index contributed by atoms with van der Waals surface area (Å²) in [6, 6.07) is 8.14. The first-order chi connectivity index (χ1) is 17.1. The lowest BCUT2D eigenvalue weighted by Crippen LogP contribution is -2.47. The molecular formula is C25H34Cl4N6O2S.